The molecule has 8 heteroatoms. The van der Waals surface area contributed by atoms with Crippen LogP contribution in [0.25, 0.3) is 0 Å². The zero-order valence-corrected chi connectivity index (χ0v) is 9.84. The summed E-state index contributed by atoms with van der Waals surface area (Å²) in [6.07, 6.45) is -4.87. The Labute approximate surface area is 106 Å². The summed E-state index contributed by atoms with van der Waals surface area (Å²) in [5.74, 6) is -0.771. The summed E-state index contributed by atoms with van der Waals surface area (Å²) in [4.78, 5) is 9.74. The number of anilines is 1. The van der Waals surface area contributed by atoms with E-state index in [0.717, 1.165) is 18.2 Å². The van der Waals surface area contributed by atoms with E-state index in [1.54, 1.807) is 0 Å². The van der Waals surface area contributed by atoms with E-state index in [1.165, 1.54) is 0 Å². The van der Waals surface area contributed by atoms with E-state index in [9.17, 15) is 27.7 Å². The van der Waals surface area contributed by atoms with Crippen molar-refractivity contribution in [3.63, 3.8) is 0 Å². The molecule has 0 heterocycles. The molecule has 1 rings (SSSR count). The van der Waals surface area contributed by atoms with Gasteiger partial charge >= 0.3 is 6.18 Å². The lowest BCUT2D eigenvalue weighted by molar-refractivity contribution is -0.385. The molecule has 0 aromatic heterocycles. The van der Waals surface area contributed by atoms with Crippen molar-refractivity contribution in [1.82, 2.24) is 0 Å². The van der Waals surface area contributed by atoms with Crippen molar-refractivity contribution in [1.29, 1.82) is 0 Å². The van der Waals surface area contributed by atoms with Crippen molar-refractivity contribution < 1.29 is 22.5 Å². The van der Waals surface area contributed by atoms with E-state index in [2.05, 4.69) is 5.32 Å². The van der Waals surface area contributed by atoms with Gasteiger partial charge in [0, 0.05) is 24.7 Å². The smallest absolute Gasteiger partial charge is 0.385 e. The van der Waals surface area contributed by atoms with Crippen LogP contribution in [0.2, 0.25) is 0 Å². The zero-order valence-electron chi connectivity index (χ0n) is 9.84. The molecule has 0 atom stereocenters. The number of halogens is 4. The van der Waals surface area contributed by atoms with Crippen LogP contribution in [0.15, 0.2) is 18.2 Å². The van der Waals surface area contributed by atoms with E-state index in [1.807, 2.05) is 0 Å². The summed E-state index contributed by atoms with van der Waals surface area (Å²) in [6, 6.07) is 2.96. The van der Waals surface area contributed by atoms with Gasteiger partial charge in [-0.25, -0.2) is 4.39 Å². The lowest BCUT2D eigenvalue weighted by atomic mass is 10.2. The fraction of sp³-hybridized carbons (Fsp3) is 0.455. The first-order valence-corrected chi connectivity index (χ1v) is 5.53. The third kappa shape index (κ3) is 6.03. The maximum Gasteiger partial charge on any atom is 0.389 e. The standard InChI is InChI=1S/C11H12F4N2O2/c12-8-5-9(7-10(6-8)17(18)19)16-4-2-1-3-11(13,14)15/h5-7,16H,1-4H2. The highest BCUT2D eigenvalue weighted by Gasteiger charge is 2.25. The fourth-order valence-electron chi connectivity index (χ4n) is 1.46. The number of alkyl halides is 3. The molecule has 0 fully saturated rings. The number of nitro groups is 1. The Kier molecular flexibility index (Phi) is 5.08. The second-order valence-electron chi connectivity index (χ2n) is 3.95. The lowest BCUT2D eigenvalue weighted by Crippen LogP contribution is -2.08. The molecule has 1 N–H and O–H groups in total. The molecule has 0 unspecified atom stereocenters. The molecule has 4 nitrogen and oxygen atoms in total. The summed E-state index contributed by atoms with van der Waals surface area (Å²) in [5, 5.41) is 13.1. The Morgan fingerprint density at radius 3 is 2.47 bits per heavy atom. The minimum atomic E-state index is -4.18. The number of hydrogen-bond acceptors (Lipinski definition) is 3. The summed E-state index contributed by atoms with van der Waals surface area (Å²) in [6.45, 7) is 0.191. The molecular weight excluding hydrogens is 268 g/mol. The molecule has 0 aliphatic rings. The fourth-order valence-corrected chi connectivity index (χ4v) is 1.46. The Balaban J connectivity index is 2.43. The highest BCUT2D eigenvalue weighted by molar-refractivity contribution is 5.51. The molecule has 0 spiro atoms. The third-order valence-corrected chi connectivity index (χ3v) is 2.31. The van der Waals surface area contributed by atoms with Gasteiger partial charge in [0.2, 0.25) is 0 Å². The Morgan fingerprint density at radius 1 is 1.21 bits per heavy atom. The minimum absolute atomic E-state index is 0.0477. The molecule has 0 radical (unpaired) electrons. The quantitative estimate of drug-likeness (QED) is 0.372. The van der Waals surface area contributed by atoms with Crippen molar-refractivity contribution in [2.75, 3.05) is 11.9 Å². The molecule has 1 aromatic rings. The number of nitrogens with one attached hydrogen (secondary N) is 1. The van der Waals surface area contributed by atoms with E-state index in [4.69, 9.17) is 0 Å². The van der Waals surface area contributed by atoms with Gasteiger partial charge in [0.15, 0.2) is 0 Å². The van der Waals surface area contributed by atoms with Crippen LogP contribution in [0.3, 0.4) is 0 Å². The van der Waals surface area contributed by atoms with Gasteiger partial charge in [-0.15, -0.1) is 0 Å². The van der Waals surface area contributed by atoms with Crippen LogP contribution in [0.5, 0.6) is 0 Å². The zero-order chi connectivity index (χ0) is 14.5. The van der Waals surface area contributed by atoms with Crippen LogP contribution >= 0.6 is 0 Å². The largest absolute Gasteiger partial charge is 0.389 e. The maximum absolute atomic E-state index is 13.0. The number of nitro benzene ring substituents is 1. The average molecular weight is 280 g/mol. The van der Waals surface area contributed by atoms with Gasteiger partial charge in [-0.05, 0) is 18.9 Å². The molecule has 106 valence electrons. The highest BCUT2D eigenvalue weighted by atomic mass is 19.4. The maximum atomic E-state index is 13.0. The van der Waals surface area contributed by atoms with E-state index < -0.39 is 29.0 Å². The van der Waals surface area contributed by atoms with Crippen molar-refractivity contribution >= 4 is 11.4 Å². The Bertz CT molecular complexity index is 449. The van der Waals surface area contributed by atoms with Gasteiger partial charge in [-0.3, -0.25) is 10.1 Å². The van der Waals surface area contributed by atoms with Gasteiger partial charge in [0.1, 0.15) is 5.82 Å². The minimum Gasteiger partial charge on any atom is -0.385 e. The summed E-state index contributed by atoms with van der Waals surface area (Å²) >= 11 is 0. The summed E-state index contributed by atoms with van der Waals surface area (Å²) in [5.41, 5.74) is -0.225. The topological polar surface area (TPSA) is 55.2 Å². The van der Waals surface area contributed by atoms with Crippen LogP contribution in [0, 0.1) is 15.9 Å². The molecule has 0 saturated carbocycles. The Hall–Kier alpha value is -1.86. The molecule has 0 saturated heterocycles. The van der Waals surface area contributed by atoms with Crippen LogP contribution in [-0.4, -0.2) is 17.6 Å². The SMILES string of the molecule is O=[N+]([O-])c1cc(F)cc(NCCCCC(F)(F)F)c1. The first-order chi connectivity index (χ1) is 8.78. The van der Waals surface area contributed by atoms with Gasteiger partial charge in [0.05, 0.1) is 11.0 Å². The predicted octanol–water partition coefficient (Wildman–Crippen LogP) is 3.88. The van der Waals surface area contributed by atoms with Crippen LogP contribution in [0.1, 0.15) is 19.3 Å². The molecule has 0 amide bonds. The van der Waals surface area contributed by atoms with Gasteiger partial charge in [-0.2, -0.15) is 13.2 Å². The number of non-ortho nitro benzene ring substituents is 1. The van der Waals surface area contributed by atoms with Crippen LogP contribution in [-0.2, 0) is 0 Å². The summed E-state index contributed by atoms with van der Waals surface area (Å²) < 4.78 is 48.6. The lowest BCUT2D eigenvalue weighted by Gasteiger charge is -2.08. The molecule has 19 heavy (non-hydrogen) atoms. The van der Waals surface area contributed by atoms with Crippen LogP contribution in [0.4, 0.5) is 28.9 Å². The number of rotatable bonds is 6. The predicted molar refractivity (Wildman–Crippen MR) is 61.5 cm³/mol. The molecule has 0 aliphatic carbocycles. The molecular formula is C11H12F4N2O2. The third-order valence-electron chi connectivity index (χ3n) is 2.31. The molecule has 0 bridgehead atoms. The average Bonchev–Trinajstić information content (AvgIpc) is 2.26. The second kappa shape index (κ2) is 6.35. The first-order valence-electron chi connectivity index (χ1n) is 5.53. The van der Waals surface area contributed by atoms with Gasteiger partial charge < -0.3 is 5.32 Å². The van der Waals surface area contributed by atoms with Crippen molar-refractivity contribution in [3.8, 4) is 0 Å². The van der Waals surface area contributed by atoms with Crippen LogP contribution < -0.4 is 5.32 Å². The number of benzene rings is 1. The second-order valence-corrected chi connectivity index (χ2v) is 3.95. The Morgan fingerprint density at radius 2 is 1.89 bits per heavy atom. The monoisotopic (exact) mass is 280 g/mol. The number of hydrogen-bond donors (Lipinski definition) is 1. The molecule has 0 aliphatic heterocycles. The molecule has 1 aromatic carbocycles. The van der Waals surface area contributed by atoms with E-state index in [-0.39, 0.29) is 25.1 Å². The van der Waals surface area contributed by atoms with Crippen molar-refractivity contribution in [2.45, 2.75) is 25.4 Å². The normalized spacial score (nSPS) is 11.4. The van der Waals surface area contributed by atoms with Crippen molar-refractivity contribution in [2.24, 2.45) is 0 Å². The van der Waals surface area contributed by atoms with Gasteiger partial charge in [-0.1, -0.05) is 0 Å². The number of unbranched alkanes of at least 4 members (excludes halogenated alkanes) is 1. The summed E-state index contributed by atoms with van der Waals surface area (Å²) in [7, 11) is 0. The van der Waals surface area contributed by atoms with E-state index >= 15 is 0 Å². The van der Waals surface area contributed by atoms with E-state index in [0.29, 0.717) is 0 Å². The number of nitrogens with zero attached hydrogens (tertiary/aromatic N) is 1. The van der Waals surface area contributed by atoms with Gasteiger partial charge in [0.25, 0.3) is 5.69 Å². The highest BCUT2D eigenvalue weighted by Crippen LogP contribution is 2.23. The first kappa shape index (κ1) is 15.2. The van der Waals surface area contributed by atoms with Crippen molar-refractivity contribution in [3.05, 3.63) is 34.1 Å².